The molecule has 74 valence electrons. The lowest BCUT2D eigenvalue weighted by Crippen LogP contribution is -2.30. The minimum atomic E-state index is -3.13. The maximum atomic E-state index is 12.5. The van der Waals surface area contributed by atoms with Gasteiger partial charge in [0.1, 0.15) is 10.9 Å². The van der Waals surface area contributed by atoms with E-state index in [9.17, 15) is 8.78 Å². The van der Waals surface area contributed by atoms with Gasteiger partial charge in [-0.2, -0.15) is 0 Å². The van der Waals surface area contributed by atoms with Gasteiger partial charge in [-0.3, -0.25) is 0 Å². The molecule has 0 atom stereocenters. The summed E-state index contributed by atoms with van der Waals surface area (Å²) in [6, 6.07) is 0. The predicted octanol–water partition coefficient (Wildman–Crippen LogP) is 1.84. The summed E-state index contributed by atoms with van der Waals surface area (Å²) in [4.78, 5) is 3.71. The zero-order valence-electron chi connectivity index (χ0n) is 6.43. The highest BCUT2D eigenvalue weighted by molar-refractivity contribution is 7.19. The van der Waals surface area contributed by atoms with Gasteiger partial charge in [0.05, 0.1) is 12.7 Å². The standard InChI is InChI=1S/C6H7ClF2N2OS/c7-4-1-10-5(13-4)11-2-6(8,9)3-12/h1,12H,2-3H2,(H,10,11). The Kier molecular flexibility index (Phi) is 3.40. The zero-order valence-corrected chi connectivity index (χ0v) is 8.00. The molecule has 0 saturated carbocycles. The number of nitrogens with zero attached hydrogens (tertiary/aromatic N) is 1. The van der Waals surface area contributed by atoms with E-state index in [0.717, 1.165) is 11.3 Å². The van der Waals surface area contributed by atoms with Gasteiger partial charge in [0, 0.05) is 0 Å². The summed E-state index contributed by atoms with van der Waals surface area (Å²) in [5, 5.41) is 10.9. The van der Waals surface area contributed by atoms with Crippen molar-refractivity contribution in [2.24, 2.45) is 0 Å². The Morgan fingerprint density at radius 3 is 2.85 bits per heavy atom. The highest BCUT2D eigenvalue weighted by Gasteiger charge is 2.27. The van der Waals surface area contributed by atoms with E-state index in [0.29, 0.717) is 9.47 Å². The SMILES string of the molecule is OCC(F)(F)CNc1ncc(Cl)s1. The molecule has 0 aliphatic heterocycles. The van der Waals surface area contributed by atoms with Crippen LogP contribution in [0.4, 0.5) is 13.9 Å². The molecule has 0 aliphatic carbocycles. The van der Waals surface area contributed by atoms with E-state index in [-0.39, 0.29) is 0 Å². The van der Waals surface area contributed by atoms with E-state index in [1.54, 1.807) is 0 Å². The van der Waals surface area contributed by atoms with Crippen LogP contribution in [-0.2, 0) is 0 Å². The van der Waals surface area contributed by atoms with Crippen molar-refractivity contribution in [1.82, 2.24) is 4.98 Å². The second-order valence-electron chi connectivity index (χ2n) is 2.34. The van der Waals surface area contributed by atoms with E-state index in [4.69, 9.17) is 16.7 Å². The average molecular weight is 229 g/mol. The van der Waals surface area contributed by atoms with Crippen LogP contribution in [0.5, 0.6) is 0 Å². The van der Waals surface area contributed by atoms with Gasteiger partial charge in [-0.25, -0.2) is 13.8 Å². The van der Waals surface area contributed by atoms with Crippen LogP contribution >= 0.6 is 22.9 Å². The fraction of sp³-hybridized carbons (Fsp3) is 0.500. The van der Waals surface area contributed by atoms with Crippen molar-refractivity contribution < 1.29 is 13.9 Å². The number of hydrogen-bond donors (Lipinski definition) is 2. The van der Waals surface area contributed by atoms with Crippen LogP contribution in [0.2, 0.25) is 4.34 Å². The third kappa shape index (κ3) is 3.41. The van der Waals surface area contributed by atoms with Gasteiger partial charge >= 0.3 is 0 Å². The molecule has 0 fully saturated rings. The molecule has 1 aromatic rings. The van der Waals surface area contributed by atoms with Gasteiger partial charge in [0.25, 0.3) is 5.92 Å². The van der Waals surface area contributed by atoms with E-state index in [1.807, 2.05) is 0 Å². The molecule has 1 aromatic heterocycles. The number of hydrogen-bond acceptors (Lipinski definition) is 4. The van der Waals surface area contributed by atoms with Gasteiger partial charge in [-0.05, 0) is 0 Å². The first kappa shape index (κ1) is 10.6. The maximum Gasteiger partial charge on any atom is 0.287 e. The first-order valence-corrected chi connectivity index (χ1v) is 4.57. The fourth-order valence-corrected chi connectivity index (χ4v) is 1.40. The first-order valence-electron chi connectivity index (χ1n) is 3.37. The van der Waals surface area contributed by atoms with Crippen LogP contribution in [0.25, 0.3) is 0 Å². The summed E-state index contributed by atoms with van der Waals surface area (Å²) in [5.74, 6) is -3.13. The van der Waals surface area contributed by atoms with Crippen LogP contribution in [0, 0.1) is 0 Å². The summed E-state index contributed by atoms with van der Waals surface area (Å²) >= 11 is 6.59. The number of aliphatic hydroxyl groups excluding tert-OH is 1. The lowest BCUT2D eigenvalue weighted by molar-refractivity contribution is -0.0372. The van der Waals surface area contributed by atoms with Crippen molar-refractivity contribution in [2.75, 3.05) is 18.5 Å². The number of nitrogens with one attached hydrogen (secondary N) is 1. The molecule has 3 nitrogen and oxygen atoms in total. The second-order valence-corrected chi connectivity index (χ2v) is 4.00. The topological polar surface area (TPSA) is 45.1 Å². The van der Waals surface area contributed by atoms with E-state index >= 15 is 0 Å². The summed E-state index contributed by atoms with van der Waals surface area (Å²) in [6.45, 7) is -1.83. The van der Waals surface area contributed by atoms with Crippen molar-refractivity contribution in [1.29, 1.82) is 0 Å². The Bertz CT molecular complexity index is 281. The lowest BCUT2D eigenvalue weighted by atomic mass is 10.4. The zero-order chi connectivity index (χ0) is 9.90. The maximum absolute atomic E-state index is 12.5. The largest absolute Gasteiger partial charge is 0.390 e. The van der Waals surface area contributed by atoms with Crippen LogP contribution in [0.3, 0.4) is 0 Å². The molecule has 1 rings (SSSR count). The Balaban J connectivity index is 2.43. The summed E-state index contributed by atoms with van der Waals surface area (Å²) in [7, 11) is 0. The Morgan fingerprint density at radius 2 is 2.38 bits per heavy atom. The number of alkyl halides is 2. The molecule has 0 spiro atoms. The van der Waals surface area contributed by atoms with Crippen molar-refractivity contribution in [2.45, 2.75) is 5.92 Å². The summed E-state index contributed by atoms with van der Waals surface area (Å²) < 4.78 is 25.4. The van der Waals surface area contributed by atoms with Gasteiger partial charge in [0.15, 0.2) is 5.13 Å². The molecule has 0 bridgehead atoms. The molecule has 0 aromatic carbocycles. The van der Waals surface area contributed by atoms with Crippen molar-refractivity contribution >= 4 is 28.1 Å². The monoisotopic (exact) mass is 228 g/mol. The highest BCUT2D eigenvalue weighted by Crippen LogP contribution is 2.23. The lowest BCUT2D eigenvalue weighted by Gasteiger charge is -2.12. The molecule has 0 aliphatic rings. The van der Waals surface area contributed by atoms with E-state index < -0.39 is 19.1 Å². The molecular weight excluding hydrogens is 222 g/mol. The number of halogens is 3. The fourth-order valence-electron chi connectivity index (χ4n) is 0.597. The molecular formula is C6H7ClF2N2OS. The number of anilines is 1. The molecule has 2 N–H and O–H groups in total. The van der Waals surface area contributed by atoms with Gasteiger partial charge < -0.3 is 10.4 Å². The Hall–Kier alpha value is -0.460. The van der Waals surface area contributed by atoms with Crippen LogP contribution in [0.1, 0.15) is 0 Å². The van der Waals surface area contributed by atoms with E-state index in [2.05, 4.69) is 10.3 Å². The normalized spacial score (nSPS) is 11.7. The quantitative estimate of drug-likeness (QED) is 0.827. The van der Waals surface area contributed by atoms with E-state index in [1.165, 1.54) is 6.20 Å². The van der Waals surface area contributed by atoms with Crippen LogP contribution < -0.4 is 5.32 Å². The Morgan fingerprint density at radius 1 is 1.69 bits per heavy atom. The minimum Gasteiger partial charge on any atom is -0.390 e. The number of rotatable bonds is 4. The molecule has 13 heavy (non-hydrogen) atoms. The number of aliphatic hydroxyl groups is 1. The molecule has 0 saturated heterocycles. The summed E-state index contributed by atoms with van der Waals surface area (Å²) in [6.07, 6.45) is 1.37. The predicted molar refractivity (Wildman–Crippen MR) is 47.6 cm³/mol. The van der Waals surface area contributed by atoms with Crippen molar-refractivity contribution in [3.05, 3.63) is 10.5 Å². The third-order valence-corrected chi connectivity index (χ3v) is 2.28. The third-order valence-electron chi connectivity index (χ3n) is 1.21. The van der Waals surface area contributed by atoms with Crippen molar-refractivity contribution in [3.63, 3.8) is 0 Å². The van der Waals surface area contributed by atoms with Crippen LogP contribution in [0.15, 0.2) is 6.20 Å². The smallest absolute Gasteiger partial charge is 0.287 e. The minimum absolute atomic E-state index is 0.318. The van der Waals surface area contributed by atoms with Gasteiger partial charge in [-0.1, -0.05) is 22.9 Å². The summed E-state index contributed by atoms with van der Waals surface area (Å²) in [5.41, 5.74) is 0. The number of aromatic nitrogens is 1. The number of thiazole rings is 1. The van der Waals surface area contributed by atoms with Crippen LogP contribution in [-0.4, -0.2) is 29.2 Å². The Labute approximate surface area is 82.4 Å². The molecule has 0 radical (unpaired) electrons. The first-order chi connectivity index (χ1) is 6.03. The molecule has 7 heteroatoms. The van der Waals surface area contributed by atoms with Gasteiger partial charge in [-0.15, -0.1) is 0 Å². The molecule has 0 unspecified atom stereocenters. The molecule has 0 amide bonds. The second kappa shape index (κ2) is 4.17. The average Bonchev–Trinajstić information content (AvgIpc) is 2.48. The highest BCUT2D eigenvalue weighted by atomic mass is 35.5. The molecule has 1 heterocycles. The van der Waals surface area contributed by atoms with Gasteiger partial charge in [0.2, 0.25) is 0 Å². The van der Waals surface area contributed by atoms with Crippen molar-refractivity contribution in [3.8, 4) is 0 Å².